The number of nitrogens with zero attached hydrogens (tertiary/aromatic N) is 1. The number of nitriles is 1. The van der Waals surface area contributed by atoms with E-state index in [4.69, 9.17) is 19.5 Å². The first kappa shape index (κ1) is 15.4. The third-order valence-corrected chi connectivity index (χ3v) is 3.08. The zero-order valence-corrected chi connectivity index (χ0v) is 12.3. The van der Waals surface area contributed by atoms with Crippen LogP contribution in [0.1, 0.15) is 21.5 Å². The number of esters is 1. The first-order valence-corrected chi connectivity index (χ1v) is 6.56. The number of hydrogen-bond acceptors (Lipinski definition) is 5. The van der Waals surface area contributed by atoms with Gasteiger partial charge in [0.05, 0.1) is 25.9 Å². The summed E-state index contributed by atoms with van der Waals surface area (Å²) >= 11 is 0. The molecule has 0 saturated carbocycles. The number of ether oxygens (including phenoxy) is 3. The van der Waals surface area contributed by atoms with Crippen molar-refractivity contribution in [2.24, 2.45) is 0 Å². The van der Waals surface area contributed by atoms with E-state index in [9.17, 15) is 4.79 Å². The van der Waals surface area contributed by atoms with E-state index in [1.165, 1.54) is 14.2 Å². The number of rotatable bonds is 5. The molecule has 2 aromatic carbocycles. The lowest BCUT2D eigenvalue weighted by Gasteiger charge is -2.12. The fraction of sp³-hybridized carbons (Fsp3) is 0.176. The van der Waals surface area contributed by atoms with Crippen molar-refractivity contribution in [3.8, 4) is 17.6 Å². The quantitative estimate of drug-likeness (QED) is 0.794. The van der Waals surface area contributed by atoms with Crippen LogP contribution in [-0.4, -0.2) is 20.2 Å². The number of benzene rings is 2. The van der Waals surface area contributed by atoms with Crippen LogP contribution in [0.25, 0.3) is 0 Å². The highest BCUT2D eigenvalue weighted by Gasteiger charge is 2.19. The fourth-order valence-electron chi connectivity index (χ4n) is 1.95. The van der Waals surface area contributed by atoms with Gasteiger partial charge >= 0.3 is 5.97 Å². The van der Waals surface area contributed by atoms with E-state index in [2.05, 4.69) is 0 Å². The van der Waals surface area contributed by atoms with Gasteiger partial charge in [-0.1, -0.05) is 18.2 Å². The van der Waals surface area contributed by atoms with Crippen molar-refractivity contribution in [3.05, 3.63) is 59.2 Å². The summed E-state index contributed by atoms with van der Waals surface area (Å²) < 4.78 is 15.6. The molecule has 0 aliphatic heterocycles. The van der Waals surface area contributed by atoms with Crippen molar-refractivity contribution >= 4 is 5.97 Å². The zero-order chi connectivity index (χ0) is 15.9. The lowest BCUT2D eigenvalue weighted by atomic mass is 10.1. The Morgan fingerprint density at radius 3 is 2.14 bits per heavy atom. The predicted octanol–water partition coefficient (Wildman–Crippen LogP) is 2.93. The average molecular weight is 297 g/mol. The topological polar surface area (TPSA) is 68.6 Å². The summed E-state index contributed by atoms with van der Waals surface area (Å²) in [4.78, 5) is 12.3. The van der Waals surface area contributed by atoms with Crippen LogP contribution in [0, 0.1) is 11.3 Å². The van der Waals surface area contributed by atoms with Crippen molar-refractivity contribution < 1.29 is 19.0 Å². The van der Waals surface area contributed by atoms with Crippen LogP contribution in [0.2, 0.25) is 0 Å². The molecule has 0 amide bonds. The molecule has 0 unspecified atom stereocenters. The highest BCUT2D eigenvalue weighted by molar-refractivity contribution is 5.95. The van der Waals surface area contributed by atoms with Crippen LogP contribution in [0.5, 0.6) is 11.5 Å². The van der Waals surface area contributed by atoms with Crippen LogP contribution in [-0.2, 0) is 11.3 Å². The van der Waals surface area contributed by atoms with E-state index in [1.807, 2.05) is 6.07 Å². The maximum atomic E-state index is 12.3. The molecule has 0 bridgehead atoms. The monoisotopic (exact) mass is 297 g/mol. The van der Waals surface area contributed by atoms with Gasteiger partial charge in [-0.3, -0.25) is 0 Å². The van der Waals surface area contributed by atoms with Gasteiger partial charge < -0.3 is 14.2 Å². The Morgan fingerprint density at radius 1 is 1.05 bits per heavy atom. The van der Waals surface area contributed by atoms with E-state index in [0.29, 0.717) is 17.1 Å². The first-order chi connectivity index (χ1) is 10.7. The molecule has 0 aliphatic carbocycles. The van der Waals surface area contributed by atoms with Gasteiger partial charge in [0.25, 0.3) is 0 Å². The molecular weight excluding hydrogens is 282 g/mol. The Balaban J connectivity index is 2.13. The van der Waals surface area contributed by atoms with Crippen molar-refractivity contribution in [1.29, 1.82) is 5.26 Å². The van der Waals surface area contributed by atoms with Gasteiger partial charge in [0, 0.05) is 0 Å². The van der Waals surface area contributed by atoms with Gasteiger partial charge in [-0.2, -0.15) is 5.26 Å². The summed E-state index contributed by atoms with van der Waals surface area (Å²) in [5, 5.41) is 8.75. The molecule has 5 heteroatoms. The van der Waals surface area contributed by atoms with E-state index in [0.717, 1.165) is 5.56 Å². The van der Waals surface area contributed by atoms with Gasteiger partial charge in [-0.15, -0.1) is 0 Å². The minimum atomic E-state index is -0.529. The maximum Gasteiger partial charge on any atom is 0.346 e. The molecule has 22 heavy (non-hydrogen) atoms. The highest BCUT2D eigenvalue weighted by atomic mass is 16.5. The molecule has 0 fully saturated rings. The minimum Gasteiger partial charge on any atom is -0.496 e. The molecule has 0 N–H and O–H groups in total. The predicted molar refractivity (Wildman–Crippen MR) is 79.8 cm³/mol. The van der Waals surface area contributed by atoms with Crippen molar-refractivity contribution in [1.82, 2.24) is 0 Å². The molecule has 0 aromatic heterocycles. The average Bonchev–Trinajstić information content (AvgIpc) is 2.59. The summed E-state index contributed by atoms with van der Waals surface area (Å²) in [5.41, 5.74) is 1.60. The van der Waals surface area contributed by atoms with Crippen LogP contribution < -0.4 is 9.47 Å². The van der Waals surface area contributed by atoms with Gasteiger partial charge in [-0.05, 0) is 29.8 Å². The maximum absolute atomic E-state index is 12.3. The summed E-state index contributed by atoms with van der Waals surface area (Å²) in [6.45, 7) is 0.103. The molecule has 0 aliphatic rings. The van der Waals surface area contributed by atoms with Gasteiger partial charge in [0.15, 0.2) is 0 Å². The molecule has 5 nitrogen and oxygen atoms in total. The molecule has 0 saturated heterocycles. The number of carbonyl (C=O) groups is 1. The minimum absolute atomic E-state index is 0.103. The largest absolute Gasteiger partial charge is 0.496 e. The highest BCUT2D eigenvalue weighted by Crippen LogP contribution is 2.29. The molecule has 0 atom stereocenters. The molecule has 0 radical (unpaired) electrons. The normalized spacial score (nSPS) is 9.68. The fourth-order valence-corrected chi connectivity index (χ4v) is 1.95. The second-order valence-electron chi connectivity index (χ2n) is 4.42. The van der Waals surface area contributed by atoms with E-state index in [1.54, 1.807) is 42.5 Å². The summed E-state index contributed by atoms with van der Waals surface area (Å²) in [6, 6.07) is 13.9. The van der Waals surface area contributed by atoms with Crippen molar-refractivity contribution in [3.63, 3.8) is 0 Å². The number of hydrogen-bond donors (Lipinski definition) is 0. The first-order valence-electron chi connectivity index (χ1n) is 6.56. The van der Waals surface area contributed by atoms with Crippen LogP contribution in [0.3, 0.4) is 0 Å². The SMILES string of the molecule is COc1cccc(OC)c1C(=O)OCc1ccc(C#N)cc1. The third-order valence-electron chi connectivity index (χ3n) is 3.08. The Morgan fingerprint density at radius 2 is 1.64 bits per heavy atom. The Kier molecular flexibility index (Phi) is 4.99. The standard InChI is InChI=1S/C17H15NO4/c1-20-14-4-3-5-15(21-2)16(14)17(19)22-11-13-8-6-12(10-18)7-9-13/h3-9H,11H2,1-2H3. The Hall–Kier alpha value is -3.00. The molecule has 112 valence electrons. The molecule has 2 rings (SSSR count). The summed E-state index contributed by atoms with van der Waals surface area (Å²) in [6.07, 6.45) is 0. The van der Waals surface area contributed by atoms with E-state index in [-0.39, 0.29) is 12.2 Å². The van der Waals surface area contributed by atoms with E-state index < -0.39 is 5.97 Å². The third kappa shape index (κ3) is 3.36. The molecule has 0 spiro atoms. The van der Waals surface area contributed by atoms with Gasteiger partial charge in [0.1, 0.15) is 23.7 Å². The van der Waals surface area contributed by atoms with Crippen LogP contribution >= 0.6 is 0 Å². The van der Waals surface area contributed by atoms with E-state index >= 15 is 0 Å². The molecule has 0 heterocycles. The van der Waals surface area contributed by atoms with Crippen molar-refractivity contribution in [2.75, 3.05) is 14.2 Å². The molecule has 2 aromatic rings. The van der Waals surface area contributed by atoms with Crippen molar-refractivity contribution in [2.45, 2.75) is 6.61 Å². The zero-order valence-electron chi connectivity index (χ0n) is 12.3. The second kappa shape index (κ2) is 7.14. The molecular formula is C17H15NO4. The summed E-state index contributed by atoms with van der Waals surface area (Å²) in [7, 11) is 2.96. The number of carbonyl (C=O) groups excluding carboxylic acids is 1. The van der Waals surface area contributed by atoms with Gasteiger partial charge in [-0.25, -0.2) is 4.79 Å². The lowest BCUT2D eigenvalue weighted by molar-refractivity contribution is 0.0465. The van der Waals surface area contributed by atoms with Crippen LogP contribution in [0.4, 0.5) is 0 Å². The smallest absolute Gasteiger partial charge is 0.346 e. The van der Waals surface area contributed by atoms with Gasteiger partial charge in [0.2, 0.25) is 0 Å². The Bertz CT molecular complexity index is 679. The summed E-state index contributed by atoms with van der Waals surface area (Å²) in [5.74, 6) is 0.256. The lowest BCUT2D eigenvalue weighted by Crippen LogP contribution is -2.09. The van der Waals surface area contributed by atoms with Crippen LogP contribution in [0.15, 0.2) is 42.5 Å². The number of methoxy groups -OCH3 is 2. The Labute approximate surface area is 128 Å². The second-order valence-corrected chi connectivity index (χ2v) is 4.42.